The molecule has 2 N–H and O–H groups in total. The second-order valence-electron chi connectivity index (χ2n) is 2.77. The minimum Gasteiger partial charge on any atom is -0.399 e. The van der Waals surface area contributed by atoms with Crippen LogP contribution in [0.1, 0.15) is 13.8 Å². The third kappa shape index (κ3) is 3.28. The van der Waals surface area contributed by atoms with Crippen LogP contribution in [0.2, 0.25) is 0 Å². The van der Waals surface area contributed by atoms with Crippen molar-refractivity contribution in [3.63, 3.8) is 0 Å². The molecule has 0 atom stereocenters. The predicted molar refractivity (Wildman–Crippen MR) is 59.6 cm³/mol. The molecule has 2 nitrogen and oxygen atoms in total. The molecule has 1 rings (SSSR count). The molecule has 0 aliphatic rings. The number of rotatable bonds is 4. The van der Waals surface area contributed by atoms with Crippen LogP contribution in [0.15, 0.2) is 29.2 Å². The molecule has 1 aromatic carbocycles. The van der Waals surface area contributed by atoms with Crippen molar-refractivity contribution in [3.05, 3.63) is 24.3 Å². The number of anilines is 1. The van der Waals surface area contributed by atoms with E-state index >= 15 is 0 Å². The van der Waals surface area contributed by atoms with Crippen molar-refractivity contribution in [2.24, 2.45) is 0 Å². The summed E-state index contributed by atoms with van der Waals surface area (Å²) in [6.45, 7) is 6.44. The summed E-state index contributed by atoms with van der Waals surface area (Å²) < 4.78 is 2.30. The van der Waals surface area contributed by atoms with Gasteiger partial charge in [-0.25, -0.2) is 4.31 Å². The lowest BCUT2D eigenvalue weighted by molar-refractivity contribution is 0.525. The fraction of sp³-hybridized carbons (Fsp3) is 0.400. The largest absolute Gasteiger partial charge is 0.399 e. The van der Waals surface area contributed by atoms with Crippen molar-refractivity contribution < 1.29 is 0 Å². The summed E-state index contributed by atoms with van der Waals surface area (Å²) in [5.74, 6) is 0. The first-order valence-electron chi connectivity index (χ1n) is 4.54. The van der Waals surface area contributed by atoms with Gasteiger partial charge in [0.1, 0.15) is 0 Å². The molecule has 3 heteroatoms. The maximum Gasteiger partial charge on any atom is 0.0314 e. The molecule has 0 aliphatic heterocycles. The summed E-state index contributed by atoms with van der Waals surface area (Å²) in [4.78, 5) is 1.25. The van der Waals surface area contributed by atoms with E-state index < -0.39 is 0 Å². The van der Waals surface area contributed by atoms with Gasteiger partial charge in [-0.1, -0.05) is 13.8 Å². The zero-order valence-electron chi connectivity index (χ0n) is 8.16. The van der Waals surface area contributed by atoms with Gasteiger partial charge in [-0.05, 0) is 36.2 Å². The highest BCUT2D eigenvalue weighted by atomic mass is 32.2. The van der Waals surface area contributed by atoms with Crippen LogP contribution in [0.5, 0.6) is 0 Å². The predicted octanol–water partition coefficient (Wildman–Crippen LogP) is 2.62. The average molecular weight is 196 g/mol. The summed E-state index contributed by atoms with van der Waals surface area (Å²) in [7, 11) is 0. The minimum absolute atomic E-state index is 0.823. The molecule has 1 aromatic rings. The smallest absolute Gasteiger partial charge is 0.0314 e. The highest BCUT2D eigenvalue weighted by Gasteiger charge is 2.00. The van der Waals surface area contributed by atoms with Gasteiger partial charge < -0.3 is 5.73 Å². The Kier molecular flexibility index (Phi) is 4.12. The lowest BCUT2D eigenvalue weighted by atomic mass is 10.3. The molecule has 0 amide bonds. The Balaban J connectivity index is 2.58. The molecule has 0 spiro atoms. The van der Waals surface area contributed by atoms with E-state index in [2.05, 4.69) is 30.3 Å². The van der Waals surface area contributed by atoms with Crippen molar-refractivity contribution in [2.45, 2.75) is 18.7 Å². The van der Waals surface area contributed by atoms with E-state index in [1.165, 1.54) is 4.90 Å². The molecule has 0 fully saturated rings. The summed E-state index contributed by atoms with van der Waals surface area (Å²) in [5.41, 5.74) is 6.42. The lowest BCUT2D eigenvalue weighted by Gasteiger charge is -2.16. The maximum absolute atomic E-state index is 5.60. The molecule has 0 radical (unpaired) electrons. The number of hydrogen-bond donors (Lipinski definition) is 1. The Bertz CT molecular complexity index is 242. The number of nitrogens with two attached hydrogens (primary N) is 1. The van der Waals surface area contributed by atoms with Crippen LogP contribution in [-0.2, 0) is 0 Å². The van der Waals surface area contributed by atoms with Gasteiger partial charge in [0.25, 0.3) is 0 Å². The van der Waals surface area contributed by atoms with Crippen molar-refractivity contribution >= 4 is 17.6 Å². The van der Waals surface area contributed by atoms with E-state index in [4.69, 9.17) is 5.73 Å². The molecule has 0 heterocycles. The third-order valence-corrected chi connectivity index (χ3v) is 3.08. The van der Waals surface area contributed by atoms with E-state index in [-0.39, 0.29) is 0 Å². The van der Waals surface area contributed by atoms with E-state index in [1.54, 1.807) is 11.9 Å². The fourth-order valence-electron chi connectivity index (χ4n) is 1.03. The van der Waals surface area contributed by atoms with Crippen molar-refractivity contribution in [2.75, 3.05) is 18.8 Å². The van der Waals surface area contributed by atoms with E-state index in [0.717, 1.165) is 18.8 Å². The molecule has 0 saturated carbocycles. The summed E-state index contributed by atoms with van der Waals surface area (Å²) in [6, 6.07) is 7.98. The first-order valence-corrected chi connectivity index (χ1v) is 5.32. The number of nitrogens with zero attached hydrogens (tertiary/aromatic N) is 1. The Morgan fingerprint density at radius 2 is 1.69 bits per heavy atom. The SMILES string of the molecule is CCN(CC)Sc1ccc(N)cc1. The van der Waals surface area contributed by atoms with E-state index in [9.17, 15) is 0 Å². The first kappa shape index (κ1) is 10.4. The second kappa shape index (κ2) is 5.14. The average Bonchev–Trinajstić information content (AvgIpc) is 2.17. The molecule has 0 bridgehead atoms. The van der Waals surface area contributed by atoms with Gasteiger partial charge in [-0.2, -0.15) is 0 Å². The normalized spacial score (nSPS) is 10.7. The van der Waals surface area contributed by atoms with E-state index in [0.29, 0.717) is 0 Å². The summed E-state index contributed by atoms with van der Waals surface area (Å²) in [6.07, 6.45) is 0. The molecule has 0 aliphatic carbocycles. The lowest BCUT2D eigenvalue weighted by Crippen LogP contribution is -2.13. The highest BCUT2D eigenvalue weighted by molar-refractivity contribution is 7.97. The second-order valence-corrected chi connectivity index (χ2v) is 3.94. The molecule has 0 aromatic heterocycles. The van der Waals surface area contributed by atoms with Gasteiger partial charge in [0.05, 0.1) is 0 Å². The van der Waals surface area contributed by atoms with Crippen LogP contribution in [0.25, 0.3) is 0 Å². The maximum atomic E-state index is 5.60. The van der Waals surface area contributed by atoms with Crippen LogP contribution in [0.4, 0.5) is 5.69 Å². The third-order valence-electron chi connectivity index (χ3n) is 1.82. The van der Waals surface area contributed by atoms with Gasteiger partial charge in [0, 0.05) is 23.7 Å². The molecule has 0 saturated heterocycles. The molecular weight excluding hydrogens is 180 g/mol. The minimum atomic E-state index is 0.823. The van der Waals surface area contributed by atoms with Crippen molar-refractivity contribution in [3.8, 4) is 0 Å². The number of nitrogen functional groups attached to an aromatic ring is 1. The Hall–Kier alpha value is -0.670. The quantitative estimate of drug-likeness (QED) is 0.593. The Labute approximate surface area is 84.2 Å². The highest BCUT2D eigenvalue weighted by Crippen LogP contribution is 2.22. The van der Waals surface area contributed by atoms with Crippen LogP contribution in [0, 0.1) is 0 Å². The molecule has 13 heavy (non-hydrogen) atoms. The first-order chi connectivity index (χ1) is 6.26. The standard InChI is InChI=1S/C10H16N2S/c1-3-12(4-2)13-10-7-5-9(11)6-8-10/h5-8H,3-4,11H2,1-2H3. The van der Waals surface area contributed by atoms with Crippen molar-refractivity contribution in [1.29, 1.82) is 0 Å². The Morgan fingerprint density at radius 1 is 1.15 bits per heavy atom. The van der Waals surface area contributed by atoms with Gasteiger partial charge >= 0.3 is 0 Å². The Morgan fingerprint density at radius 3 is 2.15 bits per heavy atom. The van der Waals surface area contributed by atoms with Crippen molar-refractivity contribution in [1.82, 2.24) is 4.31 Å². The van der Waals surface area contributed by atoms with E-state index in [1.807, 2.05) is 12.1 Å². The van der Waals surface area contributed by atoms with Gasteiger partial charge in [-0.15, -0.1) is 0 Å². The number of benzene rings is 1. The fourth-order valence-corrected chi connectivity index (χ4v) is 1.84. The van der Waals surface area contributed by atoms with Crippen LogP contribution < -0.4 is 5.73 Å². The number of hydrogen-bond acceptors (Lipinski definition) is 3. The van der Waals surface area contributed by atoms with Gasteiger partial charge in [-0.3, -0.25) is 0 Å². The monoisotopic (exact) mass is 196 g/mol. The molecule has 72 valence electrons. The van der Waals surface area contributed by atoms with Crippen LogP contribution >= 0.6 is 11.9 Å². The topological polar surface area (TPSA) is 29.3 Å². The summed E-state index contributed by atoms with van der Waals surface area (Å²) in [5, 5.41) is 0. The van der Waals surface area contributed by atoms with Gasteiger partial charge in [0.2, 0.25) is 0 Å². The zero-order valence-corrected chi connectivity index (χ0v) is 8.97. The molecular formula is C10H16N2S. The van der Waals surface area contributed by atoms with Crippen LogP contribution in [0.3, 0.4) is 0 Å². The zero-order chi connectivity index (χ0) is 9.68. The molecule has 0 unspecified atom stereocenters. The van der Waals surface area contributed by atoms with Gasteiger partial charge in [0.15, 0.2) is 0 Å². The summed E-state index contributed by atoms with van der Waals surface area (Å²) >= 11 is 1.78. The van der Waals surface area contributed by atoms with Crippen LogP contribution in [-0.4, -0.2) is 17.4 Å².